The van der Waals surface area contributed by atoms with Crippen LogP contribution in [0.5, 0.6) is 11.5 Å². The van der Waals surface area contributed by atoms with E-state index in [4.69, 9.17) is 16.3 Å². The van der Waals surface area contributed by atoms with E-state index in [0.29, 0.717) is 23.1 Å². The van der Waals surface area contributed by atoms with Crippen molar-refractivity contribution in [1.29, 1.82) is 0 Å². The Balaban J connectivity index is 1.38. The third-order valence-electron chi connectivity index (χ3n) is 5.34. The van der Waals surface area contributed by atoms with Gasteiger partial charge in [0.1, 0.15) is 17.3 Å². The van der Waals surface area contributed by atoms with Gasteiger partial charge < -0.3 is 9.64 Å². The molecule has 0 bridgehead atoms. The fourth-order valence-corrected chi connectivity index (χ4v) is 4.03. The minimum absolute atomic E-state index is 0.0147. The highest BCUT2D eigenvalue weighted by Crippen LogP contribution is 2.27. The summed E-state index contributed by atoms with van der Waals surface area (Å²) in [6.45, 7) is 3.94. The van der Waals surface area contributed by atoms with Crippen LogP contribution in [0.3, 0.4) is 0 Å². The molecule has 0 spiro atoms. The van der Waals surface area contributed by atoms with Crippen LogP contribution in [0.4, 0.5) is 4.39 Å². The van der Waals surface area contributed by atoms with E-state index < -0.39 is 5.82 Å². The van der Waals surface area contributed by atoms with E-state index in [9.17, 15) is 9.18 Å². The van der Waals surface area contributed by atoms with Gasteiger partial charge in [0, 0.05) is 30.8 Å². The fraction of sp³-hybridized carbons (Fsp3) is 0.381. The van der Waals surface area contributed by atoms with E-state index in [0.717, 1.165) is 32.6 Å². The molecule has 0 aliphatic carbocycles. The van der Waals surface area contributed by atoms with E-state index >= 15 is 0 Å². The second-order valence-corrected chi connectivity index (χ2v) is 7.55. The first-order valence-corrected chi connectivity index (χ1v) is 9.74. The molecular formula is C21H22ClFN2O2. The van der Waals surface area contributed by atoms with Gasteiger partial charge in [-0.2, -0.15) is 0 Å². The molecule has 0 aromatic heterocycles. The van der Waals surface area contributed by atoms with Crippen molar-refractivity contribution in [2.45, 2.75) is 25.3 Å². The highest BCUT2D eigenvalue weighted by molar-refractivity contribution is 6.30. The van der Waals surface area contributed by atoms with Crippen LogP contribution in [-0.4, -0.2) is 47.9 Å². The lowest BCUT2D eigenvalue weighted by atomic mass is 10.2. The van der Waals surface area contributed by atoms with Crippen molar-refractivity contribution in [2.75, 3.05) is 26.2 Å². The lowest BCUT2D eigenvalue weighted by Gasteiger charge is -2.23. The Bertz CT molecular complexity index is 821. The van der Waals surface area contributed by atoms with Crippen LogP contribution in [0, 0.1) is 5.82 Å². The summed E-state index contributed by atoms with van der Waals surface area (Å²) in [5.41, 5.74) is 0.654. The molecule has 2 aromatic carbocycles. The van der Waals surface area contributed by atoms with Gasteiger partial charge in [0.15, 0.2) is 0 Å². The van der Waals surface area contributed by atoms with Crippen LogP contribution >= 0.6 is 11.6 Å². The van der Waals surface area contributed by atoms with Crippen LogP contribution in [0.2, 0.25) is 5.02 Å². The SMILES string of the molecule is O=C(c1ccc(Oc2ccc(F)c(Cl)c2)cc1)N1CCC(N2CCCC2)C1. The molecule has 4 rings (SSSR count). The third-order valence-corrected chi connectivity index (χ3v) is 5.63. The number of carbonyl (C=O) groups excluding carboxylic acids is 1. The number of rotatable bonds is 4. The fourth-order valence-electron chi connectivity index (χ4n) is 3.86. The zero-order valence-electron chi connectivity index (χ0n) is 15.0. The number of nitrogens with zero attached hydrogens (tertiary/aromatic N) is 2. The van der Waals surface area contributed by atoms with Crippen LogP contribution in [0.15, 0.2) is 42.5 Å². The first-order chi connectivity index (χ1) is 13.1. The lowest BCUT2D eigenvalue weighted by Crippen LogP contribution is -2.37. The summed E-state index contributed by atoms with van der Waals surface area (Å²) in [5.74, 6) is 0.606. The third kappa shape index (κ3) is 4.09. The largest absolute Gasteiger partial charge is 0.457 e. The number of ether oxygens (including phenoxy) is 1. The van der Waals surface area contributed by atoms with Crippen LogP contribution < -0.4 is 4.74 Å². The molecule has 6 heteroatoms. The first kappa shape index (κ1) is 18.3. The monoisotopic (exact) mass is 388 g/mol. The highest BCUT2D eigenvalue weighted by Gasteiger charge is 2.31. The molecule has 1 amide bonds. The summed E-state index contributed by atoms with van der Waals surface area (Å²) in [6.07, 6.45) is 3.59. The Morgan fingerprint density at radius 1 is 1.04 bits per heavy atom. The minimum Gasteiger partial charge on any atom is -0.457 e. The molecule has 4 nitrogen and oxygen atoms in total. The van der Waals surface area contributed by atoms with Gasteiger partial charge in [0.05, 0.1) is 5.02 Å². The first-order valence-electron chi connectivity index (χ1n) is 9.36. The standard InChI is InChI=1S/C21H22ClFN2O2/c22-19-13-18(7-8-20(19)23)27-17-5-3-15(4-6-17)21(26)25-12-9-16(14-25)24-10-1-2-11-24/h3-8,13,16H,1-2,9-12,14H2. The molecule has 2 aromatic rings. The van der Waals surface area contributed by atoms with E-state index in [1.54, 1.807) is 24.3 Å². The van der Waals surface area contributed by atoms with Gasteiger partial charge in [-0.25, -0.2) is 4.39 Å². The average molecular weight is 389 g/mol. The second-order valence-electron chi connectivity index (χ2n) is 7.14. The van der Waals surface area contributed by atoms with E-state index in [1.165, 1.54) is 31.0 Å². The number of halogens is 2. The number of likely N-dealkylation sites (tertiary alicyclic amines) is 2. The zero-order valence-corrected chi connectivity index (χ0v) is 15.8. The van der Waals surface area contributed by atoms with Gasteiger partial charge in [0.2, 0.25) is 0 Å². The number of hydrogen-bond donors (Lipinski definition) is 0. The maximum atomic E-state index is 13.2. The van der Waals surface area contributed by atoms with Crippen molar-refractivity contribution >= 4 is 17.5 Å². The normalized spacial score (nSPS) is 20.2. The molecular weight excluding hydrogens is 367 g/mol. The van der Waals surface area contributed by atoms with Gasteiger partial charge in [0.25, 0.3) is 5.91 Å². The molecule has 0 N–H and O–H groups in total. The number of carbonyl (C=O) groups is 1. The Morgan fingerprint density at radius 3 is 2.44 bits per heavy atom. The number of amides is 1. The highest BCUT2D eigenvalue weighted by atomic mass is 35.5. The van der Waals surface area contributed by atoms with Crippen LogP contribution in [-0.2, 0) is 0 Å². The predicted molar refractivity (Wildman–Crippen MR) is 103 cm³/mol. The number of hydrogen-bond acceptors (Lipinski definition) is 3. The Labute approximate surface area is 163 Å². The van der Waals surface area contributed by atoms with E-state index in [-0.39, 0.29) is 10.9 Å². The van der Waals surface area contributed by atoms with E-state index in [2.05, 4.69) is 4.90 Å². The van der Waals surface area contributed by atoms with Crippen molar-refractivity contribution in [3.05, 3.63) is 58.9 Å². The zero-order chi connectivity index (χ0) is 18.8. The van der Waals surface area contributed by atoms with Crippen LogP contribution in [0.1, 0.15) is 29.6 Å². The Morgan fingerprint density at radius 2 is 1.74 bits per heavy atom. The minimum atomic E-state index is -0.484. The van der Waals surface area contributed by atoms with Gasteiger partial charge in [-0.15, -0.1) is 0 Å². The molecule has 2 saturated heterocycles. The van der Waals surface area contributed by atoms with Gasteiger partial charge in [-0.1, -0.05) is 11.6 Å². The summed E-state index contributed by atoms with van der Waals surface area (Å²) in [4.78, 5) is 17.2. The summed E-state index contributed by atoms with van der Waals surface area (Å²) >= 11 is 5.77. The second kappa shape index (κ2) is 7.87. The molecule has 0 radical (unpaired) electrons. The van der Waals surface area contributed by atoms with Crippen LogP contribution in [0.25, 0.3) is 0 Å². The quantitative estimate of drug-likeness (QED) is 0.768. The van der Waals surface area contributed by atoms with Crippen molar-refractivity contribution in [1.82, 2.24) is 9.80 Å². The summed E-state index contributed by atoms with van der Waals surface area (Å²) in [7, 11) is 0. The maximum Gasteiger partial charge on any atom is 0.253 e. The Kier molecular flexibility index (Phi) is 5.32. The smallest absolute Gasteiger partial charge is 0.253 e. The average Bonchev–Trinajstić information content (AvgIpc) is 3.36. The number of benzene rings is 2. The van der Waals surface area contributed by atoms with Crippen molar-refractivity contribution in [2.24, 2.45) is 0 Å². The maximum absolute atomic E-state index is 13.2. The van der Waals surface area contributed by atoms with E-state index in [1.807, 2.05) is 4.90 Å². The molecule has 0 saturated carbocycles. The molecule has 1 unspecified atom stereocenters. The molecule has 2 aliphatic heterocycles. The van der Waals surface area contributed by atoms with Gasteiger partial charge >= 0.3 is 0 Å². The summed E-state index contributed by atoms with van der Waals surface area (Å²) in [5, 5.41) is 0.0147. The molecule has 2 heterocycles. The molecule has 27 heavy (non-hydrogen) atoms. The topological polar surface area (TPSA) is 32.8 Å². The molecule has 2 fully saturated rings. The molecule has 2 aliphatic rings. The van der Waals surface area contributed by atoms with Crippen molar-refractivity contribution in [3.63, 3.8) is 0 Å². The Hall–Kier alpha value is -2.11. The van der Waals surface area contributed by atoms with Crippen molar-refractivity contribution in [3.8, 4) is 11.5 Å². The van der Waals surface area contributed by atoms with Crippen molar-refractivity contribution < 1.29 is 13.9 Å². The predicted octanol–water partition coefficient (Wildman–Crippen LogP) is 4.58. The van der Waals surface area contributed by atoms with Gasteiger partial charge in [-0.05, 0) is 68.8 Å². The molecule has 1 atom stereocenters. The van der Waals surface area contributed by atoms with Gasteiger partial charge in [-0.3, -0.25) is 9.69 Å². The molecule has 142 valence electrons. The summed E-state index contributed by atoms with van der Waals surface area (Å²) < 4.78 is 18.9. The lowest BCUT2D eigenvalue weighted by molar-refractivity contribution is 0.0780. The summed E-state index contributed by atoms with van der Waals surface area (Å²) in [6, 6.07) is 11.7.